The molecule has 2 saturated heterocycles. The maximum atomic E-state index is 13.3. The van der Waals surface area contributed by atoms with Gasteiger partial charge in [0.1, 0.15) is 0 Å². The third-order valence-electron chi connectivity index (χ3n) is 7.85. The number of carbonyl (C=O) groups excluding carboxylic acids is 2. The lowest BCUT2D eigenvalue weighted by Gasteiger charge is -2.42. The highest BCUT2D eigenvalue weighted by Crippen LogP contribution is 2.37. The summed E-state index contributed by atoms with van der Waals surface area (Å²) in [5.41, 5.74) is 8.83. The number of nitrogens with one attached hydrogen (secondary N) is 1. The number of urea groups is 1. The Morgan fingerprint density at radius 2 is 1.56 bits per heavy atom. The summed E-state index contributed by atoms with van der Waals surface area (Å²) in [6, 6.07) is 15.3. The van der Waals surface area contributed by atoms with Crippen LogP contribution in [0.25, 0.3) is 0 Å². The number of nitrogens with two attached hydrogens (primary N) is 1. The zero-order chi connectivity index (χ0) is 24.9. The highest BCUT2D eigenvalue weighted by molar-refractivity contribution is 6.04. The first-order valence-electron chi connectivity index (χ1n) is 13.4. The third-order valence-corrected chi connectivity index (χ3v) is 7.85. The monoisotopic (exact) mass is 490 g/mol. The van der Waals surface area contributed by atoms with Crippen molar-refractivity contribution in [1.82, 2.24) is 15.1 Å². The molecule has 1 aliphatic carbocycles. The Morgan fingerprint density at radius 3 is 2.22 bits per heavy atom. The fourth-order valence-corrected chi connectivity index (χ4v) is 5.89. The van der Waals surface area contributed by atoms with Gasteiger partial charge >= 0.3 is 6.03 Å². The fourth-order valence-electron chi connectivity index (χ4n) is 5.89. The second kappa shape index (κ2) is 11.3. The normalized spacial score (nSPS) is 19.8. The quantitative estimate of drug-likeness (QED) is 0.671. The molecule has 0 spiro atoms. The lowest BCUT2D eigenvalue weighted by Crippen LogP contribution is -2.51. The van der Waals surface area contributed by atoms with E-state index in [-0.39, 0.29) is 5.91 Å². The summed E-state index contributed by atoms with van der Waals surface area (Å²) < 4.78 is 0. The number of primary amides is 1. The molecule has 2 aromatic carbocycles. The molecular formula is C28H38N6O2. The molecule has 8 nitrogen and oxygen atoms in total. The molecule has 0 bridgehead atoms. The van der Waals surface area contributed by atoms with E-state index in [1.165, 1.54) is 37.0 Å². The third kappa shape index (κ3) is 5.34. The largest absolute Gasteiger partial charge is 0.367 e. The molecule has 2 heterocycles. The van der Waals surface area contributed by atoms with E-state index in [0.717, 1.165) is 45.0 Å². The van der Waals surface area contributed by atoms with Gasteiger partial charge in [0.15, 0.2) is 0 Å². The molecule has 2 aromatic rings. The minimum Gasteiger partial charge on any atom is -0.367 e. The molecule has 1 saturated carbocycles. The first kappa shape index (κ1) is 24.6. The van der Waals surface area contributed by atoms with Gasteiger partial charge in [0.2, 0.25) is 0 Å². The van der Waals surface area contributed by atoms with Gasteiger partial charge in [0.25, 0.3) is 5.91 Å². The fraction of sp³-hybridized carbons (Fsp3) is 0.500. The summed E-state index contributed by atoms with van der Waals surface area (Å²) in [6.07, 6.45) is 6.64. The van der Waals surface area contributed by atoms with Crippen molar-refractivity contribution in [3.05, 3.63) is 54.1 Å². The second-order valence-corrected chi connectivity index (χ2v) is 10.1. The number of anilines is 3. The van der Waals surface area contributed by atoms with Crippen LogP contribution in [0.4, 0.5) is 21.9 Å². The van der Waals surface area contributed by atoms with E-state index in [1.807, 2.05) is 53.4 Å². The summed E-state index contributed by atoms with van der Waals surface area (Å²) in [6.45, 7) is 6.72. The minimum atomic E-state index is -0.560. The Hall–Kier alpha value is -3.10. The van der Waals surface area contributed by atoms with E-state index in [2.05, 4.69) is 15.1 Å². The number of piperazine rings is 2. The van der Waals surface area contributed by atoms with Gasteiger partial charge in [-0.1, -0.05) is 37.5 Å². The van der Waals surface area contributed by atoms with Crippen LogP contribution in [0.15, 0.2) is 48.5 Å². The average Bonchev–Trinajstić information content (AvgIpc) is 2.94. The van der Waals surface area contributed by atoms with E-state index in [1.54, 1.807) is 0 Å². The molecule has 3 N–H and O–H groups in total. The van der Waals surface area contributed by atoms with Crippen LogP contribution in [0.3, 0.4) is 0 Å². The van der Waals surface area contributed by atoms with Crippen molar-refractivity contribution in [3.8, 4) is 0 Å². The standard InChI is InChI=1S/C28H38N6O2/c29-28(36)34(24-9-5-2-6-10-24)26-21-22(27(35)33-15-13-30-14-16-33)11-12-25(26)32-19-17-31(18-20-32)23-7-3-1-4-8-23/h2,5-6,9-12,21,23,30H,1,3-4,7-8,13-20H2,(H2,29,36). The molecule has 3 fully saturated rings. The highest BCUT2D eigenvalue weighted by Gasteiger charge is 2.29. The molecular weight excluding hydrogens is 452 g/mol. The molecule has 0 unspecified atom stereocenters. The SMILES string of the molecule is NC(=O)N(c1ccccc1)c1cc(C(=O)N2CCNCC2)ccc1N1CCN(C2CCCCC2)CC1. The van der Waals surface area contributed by atoms with Crippen molar-refractivity contribution in [1.29, 1.82) is 0 Å². The van der Waals surface area contributed by atoms with Gasteiger partial charge in [-0.2, -0.15) is 0 Å². The van der Waals surface area contributed by atoms with Gasteiger partial charge in [-0.05, 0) is 43.2 Å². The van der Waals surface area contributed by atoms with Gasteiger partial charge in [-0.15, -0.1) is 0 Å². The Labute approximate surface area is 214 Å². The topological polar surface area (TPSA) is 85.1 Å². The molecule has 0 aromatic heterocycles. The number of carbonyl (C=O) groups is 2. The molecule has 0 radical (unpaired) electrons. The maximum Gasteiger partial charge on any atom is 0.323 e. The number of nitrogens with zero attached hydrogens (tertiary/aromatic N) is 4. The summed E-state index contributed by atoms with van der Waals surface area (Å²) in [7, 11) is 0. The number of hydrogen-bond acceptors (Lipinski definition) is 5. The van der Waals surface area contributed by atoms with Crippen molar-refractivity contribution < 1.29 is 9.59 Å². The lowest BCUT2D eigenvalue weighted by molar-refractivity contribution is 0.0736. The van der Waals surface area contributed by atoms with Gasteiger partial charge < -0.3 is 20.9 Å². The first-order valence-corrected chi connectivity index (χ1v) is 13.4. The van der Waals surface area contributed by atoms with E-state index in [0.29, 0.717) is 36.1 Å². The zero-order valence-electron chi connectivity index (χ0n) is 21.1. The summed E-state index contributed by atoms with van der Waals surface area (Å²) >= 11 is 0. The molecule has 3 amide bonds. The molecule has 192 valence electrons. The molecule has 3 aliphatic rings. The van der Waals surface area contributed by atoms with Crippen molar-refractivity contribution in [3.63, 3.8) is 0 Å². The Morgan fingerprint density at radius 1 is 0.861 bits per heavy atom. The van der Waals surface area contributed by atoms with Crippen LogP contribution in [0.2, 0.25) is 0 Å². The Balaban J connectivity index is 1.45. The molecule has 8 heteroatoms. The molecule has 5 rings (SSSR count). The maximum absolute atomic E-state index is 13.3. The van der Waals surface area contributed by atoms with Gasteiger partial charge in [-0.3, -0.25) is 14.6 Å². The van der Waals surface area contributed by atoms with Crippen LogP contribution in [-0.2, 0) is 0 Å². The lowest BCUT2D eigenvalue weighted by atomic mass is 9.94. The Bertz CT molecular complexity index is 1040. The van der Waals surface area contributed by atoms with Crippen LogP contribution in [-0.4, -0.2) is 80.1 Å². The smallest absolute Gasteiger partial charge is 0.323 e. The average molecular weight is 491 g/mol. The van der Waals surface area contributed by atoms with Gasteiger partial charge in [0.05, 0.1) is 17.1 Å². The number of hydrogen-bond donors (Lipinski definition) is 2. The summed E-state index contributed by atoms with van der Waals surface area (Å²) in [5.74, 6) is -0.0103. The number of rotatable bonds is 5. The molecule has 0 atom stereocenters. The van der Waals surface area contributed by atoms with Crippen LogP contribution < -0.4 is 20.9 Å². The summed E-state index contributed by atoms with van der Waals surface area (Å²) in [4.78, 5) is 34.5. The number of benzene rings is 2. The second-order valence-electron chi connectivity index (χ2n) is 10.1. The van der Waals surface area contributed by atoms with Crippen molar-refractivity contribution >= 4 is 29.0 Å². The summed E-state index contributed by atoms with van der Waals surface area (Å²) in [5, 5.41) is 3.29. The van der Waals surface area contributed by atoms with Crippen LogP contribution in [0, 0.1) is 0 Å². The minimum absolute atomic E-state index is 0.0103. The molecule has 36 heavy (non-hydrogen) atoms. The van der Waals surface area contributed by atoms with E-state index in [4.69, 9.17) is 5.73 Å². The van der Waals surface area contributed by atoms with Gasteiger partial charge in [0, 0.05) is 64.0 Å². The predicted molar refractivity (Wildman–Crippen MR) is 144 cm³/mol. The van der Waals surface area contributed by atoms with Crippen LogP contribution in [0.5, 0.6) is 0 Å². The number of para-hydroxylation sites is 1. The zero-order valence-corrected chi connectivity index (χ0v) is 21.1. The first-order chi connectivity index (χ1) is 17.6. The van der Waals surface area contributed by atoms with Gasteiger partial charge in [-0.25, -0.2) is 4.79 Å². The Kier molecular flexibility index (Phi) is 7.72. The highest BCUT2D eigenvalue weighted by atomic mass is 16.2. The van der Waals surface area contributed by atoms with E-state index in [9.17, 15) is 9.59 Å². The van der Waals surface area contributed by atoms with E-state index >= 15 is 0 Å². The van der Waals surface area contributed by atoms with Crippen molar-refractivity contribution in [2.24, 2.45) is 5.73 Å². The number of amides is 3. The van der Waals surface area contributed by atoms with Crippen LogP contribution >= 0.6 is 0 Å². The van der Waals surface area contributed by atoms with Crippen LogP contribution in [0.1, 0.15) is 42.5 Å². The van der Waals surface area contributed by atoms with E-state index < -0.39 is 6.03 Å². The predicted octanol–water partition coefficient (Wildman–Crippen LogP) is 3.40. The molecule has 2 aliphatic heterocycles. The van der Waals surface area contributed by atoms with Crippen molar-refractivity contribution in [2.45, 2.75) is 38.1 Å². The van der Waals surface area contributed by atoms with Crippen molar-refractivity contribution in [2.75, 3.05) is 62.2 Å².